The molecule has 1 fully saturated rings. The van der Waals surface area contributed by atoms with Crippen LogP contribution in [0.25, 0.3) is 0 Å². The van der Waals surface area contributed by atoms with Gasteiger partial charge in [0.25, 0.3) is 0 Å². The van der Waals surface area contributed by atoms with Gasteiger partial charge in [0.2, 0.25) is 5.91 Å². The topological polar surface area (TPSA) is 77.1 Å². The van der Waals surface area contributed by atoms with E-state index in [2.05, 4.69) is 5.32 Å². The molecule has 1 saturated heterocycles. The molecule has 1 aliphatic rings. The quantitative estimate of drug-likeness (QED) is 0.736. The number of methoxy groups -OCH3 is 2. The minimum atomic E-state index is -0.257. The number of carbonyl (C=O) groups excluding carboxylic acids is 2. The largest absolute Gasteiger partial charge is 0.493 e. The maximum atomic E-state index is 12.3. The highest BCUT2D eigenvalue weighted by molar-refractivity contribution is 5.76. The molecule has 1 N–H and O–H groups in total. The number of rotatable bonds is 8. The normalized spacial score (nSPS) is 14.7. The van der Waals surface area contributed by atoms with Crippen LogP contribution in [0.1, 0.15) is 38.7 Å². The number of piperidine rings is 1. The predicted octanol–water partition coefficient (Wildman–Crippen LogP) is 3.01. The van der Waals surface area contributed by atoms with Crippen LogP contribution in [0.15, 0.2) is 18.2 Å². The van der Waals surface area contributed by atoms with Gasteiger partial charge >= 0.3 is 6.09 Å². The van der Waals surface area contributed by atoms with Crippen molar-refractivity contribution in [2.45, 2.75) is 45.6 Å². The third kappa shape index (κ3) is 6.62. The second-order valence-electron chi connectivity index (χ2n) is 7.49. The van der Waals surface area contributed by atoms with Gasteiger partial charge in [-0.05, 0) is 42.9 Å². The van der Waals surface area contributed by atoms with Crippen LogP contribution in [0.5, 0.6) is 11.5 Å². The molecule has 0 bridgehead atoms. The Morgan fingerprint density at radius 1 is 1.14 bits per heavy atom. The average molecular weight is 392 g/mol. The van der Waals surface area contributed by atoms with Crippen molar-refractivity contribution in [3.63, 3.8) is 0 Å². The SMILES string of the molecule is COc1ccc(CCC(=O)NC2CCN(C(=O)OCC(C)C)CC2)cc1OC. The summed E-state index contributed by atoms with van der Waals surface area (Å²) in [5.41, 5.74) is 1.02. The maximum absolute atomic E-state index is 12.3. The zero-order valence-electron chi connectivity index (χ0n) is 17.3. The second-order valence-corrected chi connectivity index (χ2v) is 7.49. The molecule has 0 atom stereocenters. The minimum Gasteiger partial charge on any atom is -0.493 e. The van der Waals surface area contributed by atoms with Crippen LogP contribution in [0.4, 0.5) is 4.79 Å². The summed E-state index contributed by atoms with van der Waals surface area (Å²) in [7, 11) is 3.19. The fraction of sp³-hybridized carbons (Fsp3) is 0.619. The van der Waals surface area contributed by atoms with Gasteiger partial charge in [-0.15, -0.1) is 0 Å². The Morgan fingerprint density at radius 2 is 1.82 bits per heavy atom. The maximum Gasteiger partial charge on any atom is 0.409 e. The third-order valence-corrected chi connectivity index (χ3v) is 4.75. The van der Waals surface area contributed by atoms with Crippen LogP contribution in [-0.2, 0) is 16.0 Å². The second kappa shape index (κ2) is 10.8. The van der Waals surface area contributed by atoms with Gasteiger partial charge < -0.3 is 24.4 Å². The van der Waals surface area contributed by atoms with E-state index in [9.17, 15) is 9.59 Å². The van der Waals surface area contributed by atoms with Crippen molar-refractivity contribution in [1.29, 1.82) is 0 Å². The molecule has 28 heavy (non-hydrogen) atoms. The molecular formula is C21H32N2O5. The highest BCUT2D eigenvalue weighted by Crippen LogP contribution is 2.28. The molecule has 0 aliphatic carbocycles. The first kappa shape index (κ1) is 21.9. The van der Waals surface area contributed by atoms with Crippen molar-refractivity contribution in [3.05, 3.63) is 23.8 Å². The fourth-order valence-corrected chi connectivity index (χ4v) is 3.13. The summed E-state index contributed by atoms with van der Waals surface area (Å²) >= 11 is 0. The molecule has 0 radical (unpaired) electrons. The van der Waals surface area contributed by atoms with Crippen LogP contribution in [0, 0.1) is 5.92 Å². The van der Waals surface area contributed by atoms with Crippen LogP contribution < -0.4 is 14.8 Å². The van der Waals surface area contributed by atoms with Gasteiger partial charge in [0, 0.05) is 25.6 Å². The van der Waals surface area contributed by atoms with Crippen LogP contribution >= 0.6 is 0 Å². The first-order valence-corrected chi connectivity index (χ1v) is 9.85. The number of carbonyl (C=O) groups is 2. The molecule has 1 heterocycles. The van der Waals surface area contributed by atoms with E-state index in [-0.39, 0.29) is 18.0 Å². The summed E-state index contributed by atoms with van der Waals surface area (Å²) in [6, 6.07) is 5.79. The smallest absolute Gasteiger partial charge is 0.409 e. The number of ether oxygens (including phenoxy) is 3. The molecule has 0 spiro atoms. The lowest BCUT2D eigenvalue weighted by Gasteiger charge is -2.31. The molecular weight excluding hydrogens is 360 g/mol. The Labute approximate surface area is 167 Å². The zero-order chi connectivity index (χ0) is 20.5. The van der Waals surface area contributed by atoms with Gasteiger partial charge in [0.1, 0.15) is 0 Å². The van der Waals surface area contributed by atoms with Crippen molar-refractivity contribution >= 4 is 12.0 Å². The van der Waals surface area contributed by atoms with Gasteiger partial charge in [0.05, 0.1) is 20.8 Å². The third-order valence-electron chi connectivity index (χ3n) is 4.75. The van der Waals surface area contributed by atoms with E-state index in [0.717, 1.165) is 18.4 Å². The van der Waals surface area contributed by atoms with Gasteiger partial charge in [-0.25, -0.2) is 4.79 Å². The first-order valence-electron chi connectivity index (χ1n) is 9.85. The highest BCUT2D eigenvalue weighted by atomic mass is 16.6. The van der Waals surface area contributed by atoms with Crippen molar-refractivity contribution in [3.8, 4) is 11.5 Å². The van der Waals surface area contributed by atoms with E-state index in [1.54, 1.807) is 19.1 Å². The fourth-order valence-electron chi connectivity index (χ4n) is 3.13. The summed E-state index contributed by atoms with van der Waals surface area (Å²) in [6.45, 7) is 5.68. The van der Waals surface area contributed by atoms with E-state index >= 15 is 0 Å². The summed E-state index contributed by atoms with van der Waals surface area (Å²) in [4.78, 5) is 26.0. The molecule has 1 aromatic carbocycles. The van der Waals surface area contributed by atoms with Crippen LogP contribution in [-0.4, -0.2) is 56.9 Å². The summed E-state index contributed by atoms with van der Waals surface area (Å²) in [6.07, 6.45) is 2.28. The van der Waals surface area contributed by atoms with E-state index in [0.29, 0.717) is 50.0 Å². The van der Waals surface area contributed by atoms with Gasteiger partial charge in [0.15, 0.2) is 11.5 Å². The zero-order valence-corrected chi connectivity index (χ0v) is 17.3. The predicted molar refractivity (Wildman–Crippen MR) is 107 cm³/mol. The molecule has 2 rings (SSSR count). The van der Waals surface area contributed by atoms with Crippen molar-refractivity contribution in [2.24, 2.45) is 5.92 Å². The molecule has 1 aliphatic heterocycles. The summed E-state index contributed by atoms with van der Waals surface area (Å²) in [5, 5.41) is 3.08. The standard InChI is InChI=1S/C21H32N2O5/c1-15(2)14-28-21(25)23-11-9-17(10-12-23)22-20(24)8-6-16-5-7-18(26-3)19(13-16)27-4/h5,7,13,15,17H,6,8-12,14H2,1-4H3,(H,22,24). The molecule has 7 heteroatoms. The molecule has 0 saturated carbocycles. The Balaban J connectivity index is 1.72. The lowest BCUT2D eigenvalue weighted by Crippen LogP contribution is -2.46. The summed E-state index contributed by atoms with van der Waals surface area (Å²) < 4.78 is 15.8. The molecule has 0 unspecified atom stereocenters. The van der Waals surface area contributed by atoms with E-state index < -0.39 is 0 Å². The monoisotopic (exact) mass is 392 g/mol. The molecule has 0 aromatic heterocycles. The Morgan fingerprint density at radius 3 is 2.43 bits per heavy atom. The van der Waals surface area contributed by atoms with Crippen molar-refractivity contribution < 1.29 is 23.8 Å². The highest BCUT2D eigenvalue weighted by Gasteiger charge is 2.24. The molecule has 156 valence electrons. The first-order chi connectivity index (χ1) is 13.4. The number of hydrogen-bond acceptors (Lipinski definition) is 5. The molecule has 7 nitrogen and oxygen atoms in total. The number of likely N-dealkylation sites (tertiary alicyclic amines) is 1. The number of amides is 2. The lowest BCUT2D eigenvalue weighted by atomic mass is 10.0. The average Bonchev–Trinajstić information content (AvgIpc) is 2.70. The van der Waals surface area contributed by atoms with E-state index in [1.807, 2.05) is 32.0 Å². The number of nitrogens with one attached hydrogen (secondary N) is 1. The van der Waals surface area contributed by atoms with E-state index in [1.165, 1.54) is 0 Å². The van der Waals surface area contributed by atoms with E-state index in [4.69, 9.17) is 14.2 Å². The number of nitrogens with zero attached hydrogens (tertiary/aromatic N) is 1. The Hall–Kier alpha value is -2.44. The van der Waals surface area contributed by atoms with Gasteiger partial charge in [-0.1, -0.05) is 19.9 Å². The van der Waals surface area contributed by atoms with Crippen LogP contribution in [0.3, 0.4) is 0 Å². The van der Waals surface area contributed by atoms with Gasteiger partial charge in [-0.3, -0.25) is 4.79 Å². The lowest BCUT2D eigenvalue weighted by molar-refractivity contribution is -0.122. The van der Waals surface area contributed by atoms with Crippen molar-refractivity contribution in [1.82, 2.24) is 10.2 Å². The number of hydrogen-bond donors (Lipinski definition) is 1. The minimum absolute atomic E-state index is 0.0237. The Kier molecular flexibility index (Phi) is 8.42. The van der Waals surface area contributed by atoms with Gasteiger partial charge in [-0.2, -0.15) is 0 Å². The number of aryl methyl sites for hydroxylation is 1. The van der Waals surface area contributed by atoms with Crippen LogP contribution in [0.2, 0.25) is 0 Å². The van der Waals surface area contributed by atoms with Crippen molar-refractivity contribution in [2.75, 3.05) is 33.9 Å². The summed E-state index contributed by atoms with van der Waals surface area (Å²) in [5.74, 6) is 1.69. The molecule has 2 amide bonds. The number of benzene rings is 1. The Bertz CT molecular complexity index is 654. The molecule has 1 aromatic rings.